The number of aromatic nitrogens is 3. The molecule has 112 valence electrons. The Balaban J connectivity index is 1.83. The van der Waals surface area contributed by atoms with Crippen molar-refractivity contribution in [2.24, 2.45) is 0 Å². The number of nitrogens with zero attached hydrogens (tertiary/aromatic N) is 3. The first kappa shape index (κ1) is 14.1. The Morgan fingerprint density at radius 1 is 1.09 bits per heavy atom. The molecule has 1 amide bonds. The molecule has 8 heteroatoms. The van der Waals surface area contributed by atoms with Crippen molar-refractivity contribution in [2.75, 3.05) is 5.43 Å². The monoisotopic (exact) mass is 306 g/mol. The fraction of sp³-hybridized carbons (Fsp3) is 0.0714. The number of amides is 1. The van der Waals surface area contributed by atoms with Crippen LogP contribution in [0, 0.1) is 0 Å². The Labute approximate surface area is 122 Å². The molecule has 1 N–H and O–H groups in total. The van der Waals surface area contributed by atoms with Gasteiger partial charge < -0.3 is 0 Å². The maximum absolute atomic E-state index is 12.4. The lowest BCUT2D eigenvalue weighted by Crippen LogP contribution is -2.22. The van der Waals surface area contributed by atoms with E-state index >= 15 is 0 Å². The van der Waals surface area contributed by atoms with Gasteiger partial charge in [0, 0.05) is 6.20 Å². The smallest absolute Gasteiger partial charge is 0.267 e. The summed E-state index contributed by atoms with van der Waals surface area (Å²) in [5.74, 6) is -0.579. The minimum absolute atomic E-state index is 0.0192. The van der Waals surface area contributed by atoms with Gasteiger partial charge in [0.25, 0.3) is 5.91 Å². The molecule has 0 aliphatic carbocycles. The zero-order valence-electron chi connectivity index (χ0n) is 11.0. The van der Waals surface area contributed by atoms with Crippen molar-refractivity contribution in [1.82, 2.24) is 14.6 Å². The van der Waals surface area contributed by atoms with Crippen molar-refractivity contribution in [2.45, 2.75) is 6.18 Å². The summed E-state index contributed by atoms with van der Waals surface area (Å²) in [7, 11) is 0. The fourth-order valence-electron chi connectivity index (χ4n) is 1.92. The van der Waals surface area contributed by atoms with E-state index in [0.29, 0.717) is 11.0 Å². The van der Waals surface area contributed by atoms with Gasteiger partial charge in [0.05, 0.1) is 16.6 Å². The third-order valence-electron chi connectivity index (χ3n) is 2.99. The van der Waals surface area contributed by atoms with Crippen molar-refractivity contribution >= 4 is 16.9 Å². The van der Waals surface area contributed by atoms with Gasteiger partial charge in [-0.05, 0) is 24.3 Å². The Hall–Kier alpha value is -2.90. The van der Waals surface area contributed by atoms with Gasteiger partial charge in [-0.3, -0.25) is 15.2 Å². The van der Waals surface area contributed by atoms with E-state index in [9.17, 15) is 18.0 Å². The summed E-state index contributed by atoms with van der Waals surface area (Å²) in [6.45, 7) is 0. The first-order valence-corrected chi connectivity index (χ1v) is 6.22. The first-order chi connectivity index (χ1) is 10.4. The molecule has 0 fully saturated rings. The normalized spacial score (nSPS) is 11.6. The second-order valence-corrected chi connectivity index (χ2v) is 4.47. The zero-order chi connectivity index (χ0) is 15.7. The van der Waals surface area contributed by atoms with E-state index in [1.807, 2.05) is 0 Å². The molecule has 1 aromatic carbocycles. The number of pyridine rings is 1. The molecule has 0 bridgehead atoms. The second kappa shape index (κ2) is 5.14. The Morgan fingerprint density at radius 2 is 1.86 bits per heavy atom. The van der Waals surface area contributed by atoms with Crippen LogP contribution in [0.5, 0.6) is 0 Å². The molecule has 0 saturated heterocycles. The van der Waals surface area contributed by atoms with E-state index in [2.05, 4.69) is 15.4 Å². The number of hydrogen-bond donors (Lipinski definition) is 1. The minimum atomic E-state index is -4.53. The van der Waals surface area contributed by atoms with E-state index in [1.165, 1.54) is 11.0 Å². The van der Waals surface area contributed by atoms with Gasteiger partial charge in [-0.1, -0.05) is 12.1 Å². The number of carbonyl (C=O) groups is 1. The number of benzene rings is 1. The molecule has 5 nitrogen and oxygen atoms in total. The molecule has 0 saturated carbocycles. The van der Waals surface area contributed by atoms with E-state index in [4.69, 9.17) is 0 Å². The lowest BCUT2D eigenvalue weighted by atomic mass is 10.2. The largest absolute Gasteiger partial charge is 0.433 e. The third-order valence-corrected chi connectivity index (χ3v) is 2.99. The van der Waals surface area contributed by atoms with Crippen LogP contribution in [-0.2, 0) is 6.18 Å². The topological polar surface area (TPSA) is 59.8 Å². The second-order valence-electron chi connectivity index (χ2n) is 4.47. The molecule has 3 aromatic rings. The van der Waals surface area contributed by atoms with Crippen LogP contribution in [0.3, 0.4) is 0 Å². The van der Waals surface area contributed by atoms with Crippen LogP contribution in [0.25, 0.3) is 11.0 Å². The fourth-order valence-corrected chi connectivity index (χ4v) is 1.92. The van der Waals surface area contributed by atoms with E-state index < -0.39 is 17.8 Å². The number of rotatable bonds is 2. The van der Waals surface area contributed by atoms with Gasteiger partial charge >= 0.3 is 6.18 Å². The summed E-state index contributed by atoms with van der Waals surface area (Å²) in [5, 5.41) is 0. The van der Waals surface area contributed by atoms with Crippen molar-refractivity contribution < 1.29 is 18.0 Å². The molecule has 2 heterocycles. The summed E-state index contributed by atoms with van der Waals surface area (Å²) in [6.07, 6.45) is -2.23. The summed E-state index contributed by atoms with van der Waals surface area (Å²) >= 11 is 0. The molecule has 0 unspecified atom stereocenters. The highest BCUT2D eigenvalue weighted by atomic mass is 19.4. The maximum atomic E-state index is 12.4. The maximum Gasteiger partial charge on any atom is 0.433 e. The lowest BCUT2D eigenvalue weighted by molar-refractivity contribution is -0.141. The van der Waals surface area contributed by atoms with E-state index in [-0.39, 0.29) is 5.56 Å². The predicted octanol–water partition coefficient (Wildman–Crippen LogP) is 2.83. The van der Waals surface area contributed by atoms with Crippen LogP contribution in [0.4, 0.5) is 13.2 Å². The van der Waals surface area contributed by atoms with Gasteiger partial charge in [-0.15, -0.1) is 0 Å². The van der Waals surface area contributed by atoms with Crippen LogP contribution < -0.4 is 5.43 Å². The average molecular weight is 306 g/mol. The highest BCUT2D eigenvalue weighted by Crippen LogP contribution is 2.27. The Kier molecular flexibility index (Phi) is 3.28. The lowest BCUT2D eigenvalue weighted by Gasteiger charge is -2.08. The quantitative estimate of drug-likeness (QED) is 0.792. The van der Waals surface area contributed by atoms with Gasteiger partial charge in [0.2, 0.25) is 0 Å². The molecule has 22 heavy (non-hydrogen) atoms. The van der Waals surface area contributed by atoms with Gasteiger partial charge in [-0.2, -0.15) is 13.2 Å². The van der Waals surface area contributed by atoms with Crippen molar-refractivity contribution in [1.29, 1.82) is 0 Å². The van der Waals surface area contributed by atoms with Crippen molar-refractivity contribution in [3.8, 4) is 0 Å². The number of hydrogen-bond acceptors (Lipinski definition) is 3. The minimum Gasteiger partial charge on any atom is -0.267 e. The summed E-state index contributed by atoms with van der Waals surface area (Å²) in [4.78, 5) is 19.4. The Bertz CT molecular complexity index is 824. The molecule has 2 aromatic heterocycles. The van der Waals surface area contributed by atoms with Crippen molar-refractivity contribution in [3.63, 3.8) is 0 Å². The SMILES string of the molecule is O=C(Nn1cnc2ccccc21)c1ccc(C(F)(F)F)nc1. The summed E-state index contributed by atoms with van der Waals surface area (Å²) < 4.78 is 38.7. The number of para-hydroxylation sites is 2. The summed E-state index contributed by atoms with van der Waals surface area (Å²) in [5.41, 5.74) is 2.87. The standard InChI is InChI=1S/C14H9F3N4O/c15-14(16,17)12-6-5-9(7-18-12)13(22)20-21-8-19-10-3-1-2-4-11(10)21/h1-8H,(H,20,22). The van der Waals surface area contributed by atoms with Crippen LogP contribution in [0.15, 0.2) is 48.9 Å². The van der Waals surface area contributed by atoms with Gasteiger partial charge in [-0.25, -0.2) is 9.66 Å². The first-order valence-electron chi connectivity index (χ1n) is 6.22. The number of carbonyl (C=O) groups excluding carboxylic acids is 1. The third kappa shape index (κ3) is 2.62. The van der Waals surface area contributed by atoms with Crippen LogP contribution >= 0.6 is 0 Å². The molecule has 0 spiro atoms. The molecular weight excluding hydrogens is 297 g/mol. The number of halogens is 3. The molecule has 0 radical (unpaired) electrons. The van der Waals surface area contributed by atoms with E-state index in [0.717, 1.165) is 18.3 Å². The van der Waals surface area contributed by atoms with Crippen LogP contribution in [0.1, 0.15) is 16.1 Å². The van der Waals surface area contributed by atoms with E-state index in [1.54, 1.807) is 24.3 Å². The molecule has 0 aliphatic heterocycles. The highest BCUT2D eigenvalue weighted by molar-refractivity contribution is 6.00. The number of alkyl halides is 3. The zero-order valence-corrected chi connectivity index (χ0v) is 11.0. The van der Waals surface area contributed by atoms with Gasteiger partial charge in [0.1, 0.15) is 12.0 Å². The van der Waals surface area contributed by atoms with Crippen LogP contribution in [0.2, 0.25) is 0 Å². The molecule has 0 aliphatic rings. The highest BCUT2D eigenvalue weighted by Gasteiger charge is 2.32. The predicted molar refractivity (Wildman–Crippen MR) is 72.7 cm³/mol. The summed E-state index contributed by atoms with van der Waals surface area (Å²) in [6, 6.07) is 8.96. The number of imidazole rings is 1. The average Bonchev–Trinajstić information content (AvgIpc) is 2.90. The molecular formula is C14H9F3N4O. The Morgan fingerprint density at radius 3 is 2.55 bits per heavy atom. The number of nitrogens with one attached hydrogen (secondary N) is 1. The van der Waals surface area contributed by atoms with Crippen LogP contribution in [-0.4, -0.2) is 20.6 Å². The van der Waals surface area contributed by atoms with Gasteiger partial charge in [0.15, 0.2) is 0 Å². The van der Waals surface area contributed by atoms with Crippen molar-refractivity contribution in [3.05, 3.63) is 60.2 Å². The number of fused-ring (bicyclic) bond motifs is 1. The molecule has 0 atom stereocenters. The molecule has 3 rings (SSSR count).